The number of amides is 2. The van der Waals surface area contributed by atoms with Crippen LogP contribution in [-0.2, 0) is 9.59 Å². The Bertz CT molecular complexity index is 993. The summed E-state index contributed by atoms with van der Waals surface area (Å²) >= 11 is 3.33. The molecule has 2 amide bonds. The van der Waals surface area contributed by atoms with E-state index in [1.807, 2.05) is 6.07 Å². The first-order valence-corrected chi connectivity index (χ1v) is 13.4. The first kappa shape index (κ1) is 29.2. The van der Waals surface area contributed by atoms with Crippen molar-refractivity contribution in [2.24, 2.45) is 5.10 Å². The number of nitrogens with zero attached hydrogens (tertiary/aromatic N) is 1. The first-order valence-electron chi connectivity index (χ1n) is 12.6. The average molecular weight is 559 g/mol. The van der Waals surface area contributed by atoms with Gasteiger partial charge in [-0.25, -0.2) is 10.2 Å². The SMILES string of the molecule is CCCCCCCCCCCC(=O)NCC(=O)N/N=C/c1ccc(OC(=O)c2ccccc2Br)cc1. The Balaban J connectivity index is 1.59. The lowest BCUT2D eigenvalue weighted by Crippen LogP contribution is -2.34. The van der Waals surface area contributed by atoms with Crippen LogP contribution >= 0.6 is 15.9 Å². The Labute approximate surface area is 222 Å². The lowest BCUT2D eigenvalue weighted by atomic mass is 10.1. The fraction of sp³-hybridized carbons (Fsp3) is 0.429. The standard InChI is InChI=1S/C28H36BrN3O4/c1-2-3-4-5-6-7-8-9-10-15-26(33)30-21-27(34)32-31-20-22-16-18-23(19-17-22)36-28(35)24-13-11-12-14-25(24)29/h11-14,16-20H,2-10,15,21H2,1H3,(H,30,33)(H,32,34)/b31-20+. The molecule has 0 fully saturated rings. The van der Waals surface area contributed by atoms with E-state index >= 15 is 0 Å². The molecule has 2 N–H and O–H groups in total. The van der Waals surface area contributed by atoms with Gasteiger partial charge in [0, 0.05) is 10.9 Å². The number of carbonyl (C=O) groups excluding carboxylic acids is 3. The second kappa shape index (κ2) is 17.4. The van der Waals surface area contributed by atoms with Gasteiger partial charge in [0.25, 0.3) is 5.91 Å². The van der Waals surface area contributed by atoms with Crippen LogP contribution in [0.25, 0.3) is 0 Å². The molecule has 194 valence electrons. The van der Waals surface area contributed by atoms with E-state index in [9.17, 15) is 14.4 Å². The maximum Gasteiger partial charge on any atom is 0.344 e. The van der Waals surface area contributed by atoms with Crippen LogP contribution in [0.4, 0.5) is 0 Å². The number of benzene rings is 2. The van der Waals surface area contributed by atoms with Gasteiger partial charge in [-0.05, 0) is 64.3 Å². The zero-order valence-corrected chi connectivity index (χ0v) is 22.5. The molecule has 0 saturated carbocycles. The number of ether oxygens (including phenoxy) is 1. The van der Waals surface area contributed by atoms with Gasteiger partial charge in [-0.2, -0.15) is 5.10 Å². The smallest absolute Gasteiger partial charge is 0.344 e. The van der Waals surface area contributed by atoms with Crippen LogP contribution in [0.3, 0.4) is 0 Å². The summed E-state index contributed by atoms with van der Waals surface area (Å²) in [7, 11) is 0. The molecule has 0 saturated heterocycles. The van der Waals surface area contributed by atoms with Gasteiger partial charge in [-0.1, -0.05) is 70.4 Å². The van der Waals surface area contributed by atoms with Crippen LogP contribution in [0.5, 0.6) is 5.75 Å². The second-order valence-electron chi connectivity index (χ2n) is 8.59. The molecule has 36 heavy (non-hydrogen) atoms. The Morgan fingerprint density at radius 2 is 1.50 bits per heavy atom. The number of nitrogens with one attached hydrogen (secondary N) is 2. The summed E-state index contributed by atoms with van der Waals surface area (Å²) in [5.41, 5.74) is 3.54. The monoisotopic (exact) mass is 557 g/mol. The van der Waals surface area contributed by atoms with Crippen LogP contribution in [0.15, 0.2) is 58.1 Å². The number of esters is 1. The molecule has 0 aromatic heterocycles. The van der Waals surface area contributed by atoms with Crippen LogP contribution in [-0.4, -0.2) is 30.5 Å². The molecule has 0 heterocycles. The number of hydrogen-bond donors (Lipinski definition) is 2. The molecule has 2 rings (SSSR count). The average Bonchev–Trinajstić information content (AvgIpc) is 2.87. The molecule has 2 aromatic carbocycles. The quantitative estimate of drug-likeness (QED) is 0.0849. The maximum atomic E-state index is 12.3. The number of hydrazone groups is 1. The predicted molar refractivity (Wildman–Crippen MR) is 146 cm³/mol. The first-order chi connectivity index (χ1) is 17.5. The van der Waals surface area contributed by atoms with E-state index in [4.69, 9.17) is 4.74 Å². The molecule has 8 heteroatoms. The van der Waals surface area contributed by atoms with Crippen molar-refractivity contribution in [3.8, 4) is 5.75 Å². The summed E-state index contributed by atoms with van der Waals surface area (Å²) in [5.74, 6) is -0.585. The third-order valence-electron chi connectivity index (χ3n) is 5.54. The minimum absolute atomic E-state index is 0.114. The van der Waals surface area contributed by atoms with Gasteiger partial charge in [-0.3, -0.25) is 9.59 Å². The third-order valence-corrected chi connectivity index (χ3v) is 6.23. The highest BCUT2D eigenvalue weighted by atomic mass is 79.9. The molecular weight excluding hydrogens is 522 g/mol. The minimum Gasteiger partial charge on any atom is -0.423 e. The van der Waals surface area contributed by atoms with E-state index in [-0.39, 0.29) is 12.5 Å². The van der Waals surface area contributed by atoms with Gasteiger partial charge >= 0.3 is 5.97 Å². The maximum absolute atomic E-state index is 12.3. The Kier molecular flexibility index (Phi) is 14.2. The third kappa shape index (κ3) is 12.1. The number of halogens is 1. The van der Waals surface area contributed by atoms with Crippen molar-refractivity contribution in [3.63, 3.8) is 0 Å². The van der Waals surface area contributed by atoms with Gasteiger partial charge in [0.1, 0.15) is 5.75 Å². The molecule has 0 spiro atoms. The second-order valence-corrected chi connectivity index (χ2v) is 9.44. The van der Waals surface area contributed by atoms with Gasteiger partial charge in [0.05, 0.1) is 18.3 Å². The highest BCUT2D eigenvalue weighted by Crippen LogP contribution is 2.19. The van der Waals surface area contributed by atoms with Crippen molar-refractivity contribution in [2.45, 2.75) is 71.1 Å². The molecular formula is C28H36BrN3O4. The van der Waals surface area contributed by atoms with Crippen molar-refractivity contribution >= 4 is 39.9 Å². The topological polar surface area (TPSA) is 96.9 Å². The van der Waals surface area contributed by atoms with Crippen molar-refractivity contribution in [1.82, 2.24) is 10.7 Å². The lowest BCUT2D eigenvalue weighted by Gasteiger charge is -2.06. The summed E-state index contributed by atoms with van der Waals surface area (Å²) < 4.78 is 6.04. The molecule has 0 aliphatic carbocycles. The fourth-order valence-corrected chi connectivity index (χ4v) is 3.94. The van der Waals surface area contributed by atoms with Crippen LogP contribution in [0.1, 0.15) is 87.1 Å². The van der Waals surface area contributed by atoms with E-state index in [2.05, 4.69) is 38.7 Å². The largest absolute Gasteiger partial charge is 0.423 e. The minimum atomic E-state index is -0.462. The van der Waals surface area contributed by atoms with E-state index in [0.717, 1.165) is 19.3 Å². The van der Waals surface area contributed by atoms with Crippen molar-refractivity contribution < 1.29 is 19.1 Å². The van der Waals surface area contributed by atoms with Gasteiger partial charge in [0.15, 0.2) is 0 Å². The number of hydrogen-bond acceptors (Lipinski definition) is 5. The van der Waals surface area contributed by atoms with Crippen molar-refractivity contribution in [2.75, 3.05) is 6.54 Å². The summed E-state index contributed by atoms with van der Waals surface area (Å²) in [4.78, 5) is 36.1. The molecule has 7 nitrogen and oxygen atoms in total. The predicted octanol–water partition coefficient (Wildman–Crippen LogP) is 6.16. The van der Waals surface area contributed by atoms with Crippen molar-refractivity contribution in [1.29, 1.82) is 0 Å². The molecule has 0 aliphatic heterocycles. The van der Waals surface area contributed by atoms with Crippen molar-refractivity contribution in [3.05, 3.63) is 64.1 Å². The molecule has 2 aromatic rings. The Hall–Kier alpha value is -3.00. The summed E-state index contributed by atoms with van der Waals surface area (Å²) in [6.45, 7) is 2.11. The highest BCUT2D eigenvalue weighted by molar-refractivity contribution is 9.10. The van der Waals surface area contributed by atoms with Crippen LogP contribution in [0, 0.1) is 0 Å². The van der Waals surface area contributed by atoms with Crippen LogP contribution in [0.2, 0.25) is 0 Å². The molecule has 0 bridgehead atoms. The zero-order valence-electron chi connectivity index (χ0n) is 20.9. The zero-order chi connectivity index (χ0) is 26.0. The molecule has 0 unspecified atom stereocenters. The van der Waals surface area contributed by atoms with Gasteiger partial charge < -0.3 is 10.1 Å². The fourth-order valence-electron chi connectivity index (χ4n) is 3.49. The van der Waals surface area contributed by atoms with Crippen LogP contribution < -0.4 is 15.5 Å². The van der Waals surface area contributed by atoms with Gasteiger partial charge in [-0.15, -0.1) is 0 Å². The lowest BCUT2D eigenvalue weighted by molar-refractivity contribution is -0.126. The highest BCUT2D eigenvalue weighted by Gasteiger charge is 2.11. The number of rotatable bonds is 16. The van der Waals surface area contributed by atoms with E-state index in [1.165, 1.54) is 44.7 Å². The molecule has 0 aliphatic rings. The normalized spacial score (nSPS) is 10.8. The summed E-state index contributed by atoms with van der Waals surface area (Å²) in [6.07, 6.45) is 12.7. The molecule has 0 atom stereocenters. The van der Waals surface area contributed by atoms with E-state index < -0.39 is 11.9 Å². The van der Waals surface area contributed by atoms with Gasteiger partial charge in [0.2, 0.25) is 5.91 Å². The number of carbonyl (C=O) groups is 3. The Morgan fingerprint density at radius 3 is 2.17 bits per heavy atom. The summed E-state index contributed by atoms with van der Waals surface area (Å²) in [5, 5.41) is 6.52. The summed E-state index contributed by atoms with van der Waals surface area (Å²) in [6, 6.07) is 13.7. The Morgan fingerprint density at radius 1 is 0.861 bits per heavy atom. The van der Waals surface area contributed by atoms with E-state index in [0.29, 0.717) is 27.8 Å². The number of unbranched alkanes of at least 4 members (excludes halogenated alkanes) is 8. The van der Waals surface area contributed by atoms with E-state index in [1.54, 1.807) is 42.5 Å². The molecule has 0 radical (unpaired) electrons.